The molecule has 0 fully saturated rings. The number of aromatic nitrogens is 1. The van der Waals surface area contributed by atoms with Crippen molar-refractivity contribution in [3.05, 3.63) is 40.9 Å². The Morgan fingerprint density at radius 1 is 1.40 bits per heavy atom. The number of benzene rings is 1. The van der Waals surface area contributed by atoms with Crippen molar-refractivity contribution in [2.45, 2.75) is 6.92 Å². The molecule has 106 valence electrons. The van der Waals surface area contributed by atoms with Crippen molar-refractivity contribution in [2.75, 3.05) is 25.9 Å². The minimum atomic E-state index is -0.0756. The quantitative estimate of drug-likeness (QED) is 0.917. The lowest BCUT2D eigenvalue weighted by atomic mass is 10.3. The lowest BCUT2D eigenvalue weighted by Crippen LogP contribution is -2.30. The maximum Gasteiger partial charge on any atom is 0.265 e. The zero-order valence-corrected chi connectivity index (χ0v) is 12.3. The van der Waals surface area contributed by atoms with Crippen molar-refractivity contribution in [3.8, 4) is 5.75 Å². The summed E-state index contributed by atoms with van der Waals surface area (Å²) < 4.78 is 5.57. The van der Waals surface area contributed by atoms with Gasteiger partial charge in [0, 0.05) is 7.05 Å². The van der Waals surface area contributed by atoms with Gasteiger partial charge in [-0.2, -0.15) is 0 Å². The number of hydrogen-bond donors (Lipinski definition) is 1. The molecule has 0 spiro atoms. The Balaban J connectivity index is 1.87. The van der Waals surface area contributed by atoms with Gasteiger partial charge in [-0.3, -0.25) is 4.79 Å². The van der Waals surface area contributed by atoms with Crippen molar-refractivity contribution < 1.29 is 9.53 Å². The first-order chi connectivity index (χ1) is 9.58. The molecule has 0 unspecified atom stereocenters. The van der Waals surface area contributed by atoms with E-state index in [0.717, 1.165) is 5.75 Å². The summed E-state index contributed by atoms with van der Waals surface area (Å²) in [5.41, 5.74) is 6.28. The molecule has 0 bridgehead atoms. The number of aryl methyl sites for hydroxylation is 1. The summed E-state index contributed by atoms with van der Waals surface area (Å²) in [6.45, 7) is 2.74. The molecule has 0 aliphatic carbocycles. The van der Waals surface area contributed by atoms with Crippen LogP contribution in [0.2, 0.25) is 0 Å². The van der Waals surface area contributed by atoms with E-state index in [4.69, 9.17) is 10.5 Å². The number of thiazole rings is 1. The highest BCUT2D eigenvalue weighted by molar-refractivity contribution is 7.17. The Morgan fingerprint density at radius 3 is 2.70 bits per heavy atom. The average Bonchev–Trinajstić information content (AvgIpc) is 2.78. The molecular weight excluding hydrogens is 274 g/mol. The van der Waals surface area contributed by atoms with Gasteiger partial charge in [0.25, 0.3) is 5.91 Å². The van der Waals surface area contributed by atoms with Crippen molar-refractivity contribution >= 4 is 22.4 Å². The maximum atomic E-state index is 12.2. The summed E-state index contributed by atoms with van der Waals surface area (Å²) in [5, 5.41) is 0.416. The molecule has 5 nitrogen and oxygen atoms in total. The Morgan fingerprint density at radius 2 is 2.10 bits per heavy atom. The number of hydrogen-bond acceptors (Lipinski definition) is 5. The summed E-state index contributed by atoms with van der Waals surface area (Å²) in [4.78, 5) is 18.5. The molecule has 0 aliphatic heterocycles. The van der Waals surface area contributed by atoms with Crippen LogP contribution < -0.4 is 10.5 Å². The van der Waals surface area contributed by atoms with E-state index < -0.39 is 0 Å². The minimum Gasteiger partial charge on any atom is -0.492 e. The zero-order valence-electron chi connectivity index (χ0n) is 11.5. The number of ether oxygens (including phenoxy) is 1. The third-order valence-corrected chi connectivity index (χ3v) is 3.77. The summed E-state index contributed by atoms with van der Waals surface area (Å²) in [5.74, 6) is 0.722. The van der Waals surface area contributed by atoms with Crippen molar-refractivity contribution in [1.29, 1.82) is 0 Å². The number of carbonyl (C=O) groups is 1. The summed E-state index contributed by atoms with van der Waals surface area (Å²) in [6.07, 6.45) is 0. The molecule has 0 radical (unpaired) electrons. The van der Waals surface area contributed by atoms with E-state index >= 15 is 0 Å². The number of nitrogens with two attached hydrogens (primary N) is 1. The molecule has 2 N–H and O–H groups in total. The molecule has 0 saturated heterocycles. The van der Waals surface area contributed by atoms with Crippen molar-refractivity contribution in [1.82, 2.24) is 9.88 Å². The molecule has 1 amide bonds. The molecule has 2 aromatic rings. The van der Waals surface area contributed by atoms with Gasteiger partial charge in [-0.1, -0.05) is 29.5 Å². The Hall–Kier alpha value is -2.08. The molecule has 1 heterocycles. The maximum absolute atomic E-state index is 12.2. The Kier molecular flexibility index (Phi) is 4.57. The van der Waals surface area contributed by atoms with E-state index in [-0.39, 0.29) is 5.91 Å². The van der Waals surface area contributed by atoms with E-state index in [9.17, 15) is 4.79 Å². The van der Waals surface area contributed by atoms with Crippen LogP contribution in [0.4, 0.5) is 5.13 Å². The van der Waals surface area contributed by atoms with Gasteiger partial charge in [0.2, 0.25) is 0 Å². The number of likely N-dealkylation sites (N-methyl/N-ethyl adjacent to an activating group) is 1. The van der Waals surface area contributed by atoms with Crippen LogP contribution in [0.3, 0.4) is 0 Å². The third kappa shape index (κ3) is 3.48. The van der Waals surface area contributed by atoms with Crippen LogP contribution in [-0.2, 0) is 0 Å². The smallest absolute Gasteiger partial charge is 0.265 e. The average molecular weight is 291 g/mol. The lowest BCUT2D eigenvalue weighted by Gasteiger charge is -2.16. The minimum absolute atomic E-state index is 0.0756. The van der Waals surface area contributed by atoms with Crippen LogP contribution in [0, 0.1) is 6.92 Å². The van der Waals surface area contributed by atoms with Crippen LogP contribution in [0.5, 0.6) is 5.75 Å². The highest BCUT2D eigenvalue weighted by Gasteiger charge is 2.18. The van der Waals surface area contributed by atoms with E-state index in [1.54, 1.807) is 18.9 Å². The summed E-state index contributed by atoms with van der Waals surface area (Å²) in [6, 6.07) is 9.52. The Labute approximate surface area is 122 Å². The number of amides is 1. The summed E-state index contributed by atoms with van der Waals surface area (Å²) in [7, 11) is 1.74. The zero-order chi connectivity index (χ0) is 14.5. The van der Waals surface area contributed by atoms with Crippen LogP contribution in [-0.4, -0.2) is 36.0 Å². The number of nitrogens with zero attached hydrogens (tertiary/aromatic N) is 2. The largest absolute Gasteiger partial charge is 0.492 e. The van der Waals surface area contributed by atoms with Crippen LogP contribution in [0.1, 0.15) is 15.4 Å². The first-order valence-electron chi connectivity index (χ1n) is 6.24. The highest BCUT2D eigenvalue weighted by atomic mass is 32.1. The topological polar surface area (TPSA) is 68.5 Å². The van der Waals surface area contributed by atoms with E-state index in [1.165, 1.54) is 11.3 Å². The molecule has 0 saturated carbocycles. The standard InChI is InChI=1S/C14H17N3O2S/c1-10-12(20-14(15)16-10)13(18)17(2)8-9-19-11-6-4-3-5-7-11/h3-7H,8-9H2,1-2H3,(H2,15,16). The fourth-order valence-corrected chi connectivity index (χ4v) is 2.54. The number of nitrogen functional groups attached to an aromatic ring is 1. The third-order valence-electron chi connectivity index (χ3n) is 2.79. The summed E-state index contributed by atoms with van der Waals surface area (Å²) >= 11 is 1.22. The van der Waals surface area contributed by atoms with Gasteiger partial charge in [-0.25, -0.2) is 4.98 Å². The van der Waals surface area contributed by atoms with Gasteiger partial charge in [0.1, 0.15) is 17.2 Å². The SMILES string of the molecule is Cc1nc(N)sc1C(=O)N(C)CCOc1ccccc1. The van der Waals surface area contributed by atoms with Crippen molar-refractivity contribution in [3.63, 3.8) is 0 Å². The fraction of sp³-hybridized carbons (Fsp3) is 0.286. The second-order valence-electron chi connectivity index (χ2n) is 4.35. The molecule has 6 heteroatoms. The van der Waals surface area contributed by atoms with Crippen LogP contribution >= 0.6 is 11.3 Å². The van der Waals surface area contributed by atoms with Crippen molar-refractivity contribution in [2.24, 2.45) is 0 Å². The van der Waals surface area contributed by atoms with Gasteiger partial charge < -0.3 is 15.4 Å². The Bertz CT molecular complexity index is 583. The van der Waals surface area contributed by atoms with Gasteiger partial charge >= 0.3 is 0 Å². The number of carbonyl (C=O) groups excluding carboxylic acids is 1. The van der Waals surface area contributed by atoms with Gasteiger partial charge in [0.15, 0.2) is 5.13 Å². The first kappa shape index (κ1) is 14.3. The predicted molar refractivity (Wildman–Crippen MR) is 80.2 cm³/mol. The number of para-hydroxylation sites is 1. The van der Waals surface area contributed by atoms with E-state index in [0.29, 0.717) is 28.9 Å². The molecule has 20 heavy (non-hydrogen) atoms. The lowest BCUT2D eigenvalue weighted by molar-refractivity contribution is 0.0777. The molecule has 0 aliphatic rings. The van der Waals surface area contributed by atoms with E-state index in [1.807, 2.05) is 30.3 Å². The van der Waals surface area contributed by atoms with Gasteiger partial charge in [0.05, 0.1) is 12.2 Å². The second kappa shape index (κ2) is 6.38. The molecule has 1 aromatic carbocycles. The monoisotopic (exact) mass is 291 g/mol. The normalized spacial score (nSPS) is 10.3. The molecule has 1 aromatic heterocycles. The predicted octanol–water partition coefficient (Wildman–Crippen LogP) is 2.18. The van der Waals surface area contributed by atoms with Gasteiger partial charge in [-0.15, -0.1) is 0 Å². The second-order valence-corrected chi connectivity index (χ2v) is 5.39. The first-order valence-corrected chi connectivity index (χ1v) is 7.06. The van der Waals surface area contributed by atoms with Crippen LogP contribution in [0.15, 0.2) is 30.3 Å². The van der Waals surface area contributed by atoms with Gasteiger partial charge in [-0.05, 0) is 19.1 Å². The molecule has 2 rings (SSSR count). The number of rotatable bonds is 5. The molecule has 0 atom stereocenters. The van der Waals surface area contributed by atoms with E-state index in [2.05, 4.69) is 4.98 Å². The fourth-order valence-electron chi connectivity index (χ4n) is 1.71. The highest BCUT2D eigenvalue weighted by Crippen LogP contribution is 2.21. The number of anilines is 1. The molecular formula is C14H17N3O2S. The van der Waals surface area contributed by atoms with Crippen LogP contribution in [0.25, 0.3) is 0 Å².